The van der Waals surface area contributed by atoms with Crippen molar-refractivity contribution in [2.75, 3.05) is 0 Å². The molecule has 0 spiro atoms. The van der Waals surface area contributed by atoms with Crippen molar-refractivity contribution < 1.29 is 18.5 Å². The minimum absolute atomic E-state index is 0.00710. The number of aryl methyl sites for hydroxylation is 2. The van der Waals surface area contributed by atoms with Gasteiger partial charge in [-0.3, -0.25) is 4.79 Å². The summed E-state index contributed by atoms with van der Waals surface area (Å²) in [6, 6.07) is 5.32. The minimum atomic E-state index is -0.603. The van der Waals surface area contributed by atoms with Crippen molar-refractivity contribution >= 4 is 17.3 Å². The molecule has 0 N–H and O–H groups in total. The van der Waals surface area contributed by atoms with E-state index in [2.05, 4.69) is 10.3 Å². The van der Waals surface area contributed by atoms with Gasteiger partial charge in [-0.2, -0.15) is 4.68 Å². The molecule has 0 saturated heterocycles. The van der Waals surface area contributed by atoms with Gasteiger partial charge in [0.15, 0.2) is 0 Å². The van der Waals surface area contributed by atoms with Crippen LogP contribution in [0.3, 0.4) is 0 Å². The number of hydrogen-bond acceptors (Lipinski definition) is 8. The minimum Gasteiger partial charge on any atom is -0.459 e. The molecule has 9 heteroatoms. The Labute approximate surface area is 134 Å². The van der Waals surface area contributed by atoms with Gasteiger partial charge >= 0.3 is 11.7 Å². The van der Waals surface area contributed by atoms with Gasteiger partial charge in [-0.25, -0.2) is 4.79 Å². The Morgan fingerprint density at radius 3 is 3.04 bits per heavy atom. The lowest BCUT2D eigenvalue weighted by Crippen LogP contribution is -2.18. The lowest BCUT2D eigenvalue weighted by atomic mass is 10.4. The van der Waals surface area contributed by atoms with Crippen molar-refractivity contribution in [3.05, 3.63) is 45.6 Å². The van der Waals surface area contributed by atoms with Crippen molar-refractivity contribution in [3.63, 3.8) is 0 Å². The number of esters is 1. The molecule has 0 aromatic carbocycles. The van der Waals surface area contributed by atoms with Crippen LogP contribution in [0.1, 0.15) is 17.9 Å². The first-order valence-electron chi connectivity index (χ1n) is 6.81. The van der Waals surface area contributed by atoms with E-state index in [1.54, 1.807) is 19.1 Å². The summed E-state index contributed by atoms with van der Waals surface area (Å²) in [5.74, 6) is -0.172. The Morgan fingerprint density at radius 1 is 1.48 bits per heavy atom. The molecule has 3 rings (SSSR count). The third kappa shape index (κ3) is 3.75. The number of thiophene rings is 1. The van der Waals surface area contributed by atoms with E-state index < -0.39 is 11.7 Å². The lowest BCUT2D eigenvalue weighted by Gasteiger charge is -2.01. The lowest BCUT2D eigenvalue weighted by molar-refractivity contribution is -0.145. The molecule has 3 aromatic rings. The fraction of sp³-hybridized carbons (Fsp3) is 0.286. The Morgan fingerprint density at radius 2 is 2.35 bits per heavy atom. The third-order valence-corrected chi connectivity index (χ3v) is 3.78. The first-order chi connectivity index (χ1) is 11.1. The maximum atomic E-state index is 11.7. The topological polar surface area (TPSA) is 100 Å². The molecule has 0 amide bonds. The summed E-state index contributed by atoms with van der Waals surface area (Å²) in [4.78, 5) is 24.1. The smallest absolute Gasteiger partial charge is 0.437 e. The molecule has 23 heavy (non-hydrogen) atoms. The van der Waals surface area contributed by atoms with E-state index in [0.29, 0.717) is 11.5 Å². The van der Waals surface area contributed by atoms with Crippen LogP contribution in [-0.4, -0.2) is 20.9 Å². The molecular formula is C14H13N3O5S. The van der Waals surface area contributed by atoms with E-state index in [4.69, 9.17) is 13.7 Å². The second-order valence-electron chi connectivity index (χ2n) is 4.71. The molecule has 0 saturated carbocycles. The zero-order valence-corrected chi connectivity index (χ0v) is 13.0. The van der Waals surface area contributed by atoms with Gasteiger partial charge in [-0.05, 0) is 18.4 Å². The molecule has 0 aliphatic heterocycles. The number of aromatic nitrogens is 3. The van der Waals surface area contributed by atoms with E-state index in [1.807, 2.05) is 11.4 Å². The average molecular weight is 335 g/mol. The molecule has 0 atom stereocenters. The normalized spacial score (nSPS) is 10.8. The fourth-order valence-corrected chi connectivity index (χ4v) is 2.50. The van der Waals surface area contributed by atoms with Crippen molar-refractivity contribution in [2.45, 2.75) is 26.5 Å². The van der Waals surface area contributed by atoms with Gasteiger partial charge in [0.1, 0.15) is 18.1 Å². The van der Waals surface area contributed by atoms with Gasteiger partial charge < -0.3 is 13.7 Å². The van der Waals surface area contributed by atoms with E-state index in [-0.39, 0.29) is 25.5 Å². The van der Waals surface area contributed by atoms with E-state index in [1.165, 1.54) is 11.3 Å². The first-order valence-corrected chi connectivity index (χ1v) is 7.69. The quantitative estimate of drug-likeness (QED) is 0.635. The maximum Gasteiger partial charge on any atom is 0.437 e. The molecule has 0 unspecified atom stereocenters. The fourth-order valence-electron chi connectivity index (χ4n) is 1.86. The van der Waals surface area contributed by atoms with E-state index in [0.717, 1.165) is 9.56 Å². The van der Waals surface area contributed by atoms with Crippen molar-refractivity contribution in [1.82, 2.24) is 14.9 Å². The van der Waals surface area contributed by atoms with E-state index in [9.17, 15) is 9.59 Å². The Hall–Kier alpha value is -2.68. The predicted molar refractivity (Wildman–Crippen MR) is 79.7 cm³/mol. The Balaban J connectivity index is 1.54. The summed E-state index contributed by atoms with van der Waals surface area (Å²) in [6.07, 6.45) is 0.00710. The highest BCUT2D eigenvalue weighted by Gasteiger charge is 2.13. The predicted octanol–water partition coefficient (Wildman–Crippen LogP) is 1.99. The van der Waals surface area contributed by atoms with Crippen LogP contribution in [0.25, 0.3) is 10.8 Å². The van der Waals surface area contributed by atoms with Gasteiger partial charge in [0, 0.05) is 6.07 Å². The molecule has 8 nitrogen and oxygen atoms in total. The summed E-state index contributed by atoms with van der Waals surface area (Å²) >= 11 is 1.41. The summed E-state index contributed by atoms with van der Waals surface area (Å²) < 4.78 is 16.1. The highest BCUT2D eigenvalue weighted by Crippen LogP contribution is 2.21. The molecule has 0 bridgehead atoms. The van der Waals surface area contributed by atoms with Gasteiger partial charge in [0.05, 0.1) is 17.8 Å². The number of carbonyl (C=O) groups excluding carboxylic acids is 1. The highest BCUT2D eigenvalue weighted by atomic mass is 32.1. The highest BCUT2D eigenvalue weighted by molar-refractivity contribution is 7.13. The molecule has 0 radical (unpaired) electrons. The van der Waals surface area contributed by atoms with Crippen molar-refractivity contribution in [3.8, 4) is 10.8 Å². The summed E-state index contributed by atoms with van der Waals surface area (Å²) in [5, 5.41) is 9.64. The van der Waals surface area contributed by atoms with Crippen LogP contribution in [0.2, 0.25) is 0 Å². The van der Waals surface area contributed by atoms with Gasteiger partial charge in [0.25, 0.3) is 5.89 Å². The second kappa shape index (κ2) is 6.61. The Kier molecular flexibility index (Phi) is 4.38. The van der Waals surface area contributed by atoms with Crippen LogP contribution >= 0.6 is 11.3 Å². The average Bonchev–Trinajstić information content (AvgIpc) is 3.24. The Bertz CT molecular complexity index is 846. The summed E-state index contributed by atoms with van der Waals surface area (Å²) in [6.45, 7) is 1.87. The maximum absolute atomic E-state index is 11.7. The second-order valence-corrected chi connectivity index (χ2v) is 5.66. The monoisotopic (exact) mass is 335 g/mol. The molecule has 0 aliphatic carbocycles. The summed E-state index contributed by atoms with van der Waals surface area (Å²) in [7, 11) is 0. The molecule has 120 valence electrons. The molecule has 0 fully saturated rings. The number of carbonyl (C=O) groups is 1. The van der Waals surface area contributed by atoms with Gasteiger partial charge in [-0.1, -0.05) is 11.2 Å². The SMILES string of the molecule is Cc1cc(COC(=O)CCn2nc(-c3cccs3)oc2=O)no1. The molecule has 0 aliphatic rings. The zero-order chi connectivity index (χ0) is 16.2. The standard InChI is InChI=1S/C14H13N3O5S/c1-9-7-10(16-22-9)8-20-12(18)4-5-17-14(19)21-13(15-17)11-3-2-6-23-11/h2-3,6-7H,4-5,8H2,1H3. The van der Waals surface area contributed by atoms with Crippen LogP contribution < -0.4 is 5.76 Å². The van der Waals surface area contributed by atoms with Crippen molar-refractivity contribution in [2.24, 2.45) is 0 Å². The van der Waals surface area contributed by atoms with Gasteiger partial charge in [0.2, 0.25) is 0 Å². The van der Waals surface area contributed by atoms with Crippen LogP contribution in [0.4, 0.5) is 0 Å². The summed E-state index contributed by atoms with van der Waals surface area (Å²) in [5.41, 5.74) is 0.537. The number of nitrogens with zero attached hydrogens (tertiary/aromatic N) is 3. The number of hydrogen-bond donors (Lipinski definition) is 0. The number of ether oxygens (including phenoxy) is 1. The largest absolute Gasteiger partial charge is 0.459 e. The van der Waals surface area contributed by atoms with Crippen LogP contribution in [0, 0.1) is 6.92 Å². The first kappa shape index (κ1) is 15.2. The van der Waals surface area contributed by atoms with Crippen molar-refractivity contribution in [1.29, 1.82) is 0 Å². The van der Waals surface area contributed by atoms with Crippen LogP contribution in [-0.2, 0) is 22.7 Å². The van der Waals surface area contributed by atoms with Crippen LogP contribution in [0.15, 0.2) is 37.3 Å². The van der Waals surface area contributed by atoms with Gasteiger partial charge in [-0.15, -0.1) is 16.4 Å². The molecule has 3 heterocycles. The van der Waals surface area contributed by atoms with E-state index >= 15 is 0 Å². The van der Waals surface area contributed by atoms with Crippen LogP contribution in [0.5, 0.6) is 0 Å². The molecular weight excluding hydrogens is 322 g/mol. The molecule has 3 aromatic heterocycles. The third-order valence-electron chi connectivity index (χ3n) is 2.92. The number of rotatable bonds is 6. The zero-order valence-electron chi connectivity index (χ0n) is 12.2.